The average Bonchev–Trinajstić information content (AvgIpc) is 2.69. The lowest BCUT2D eigenvalue weighted by molar-refractivity contribution is 0.282. The van der Waals surface area contributed by atoms with E-state index in [4.69, 9.17) is 16.9 Å². The predicted molar refractivity (Wildman–Crippen MR) is 60.5 cm³/mol. The summed E-state index contributed by atoms with van der Waals surface area (Å²) in [6.45, 7) is 1.35. The summed E-state index contributed by atoms with van der Waals surface area (Å²) in [5, 5.41) is 9.32. The largest absolute Gasteiger partial charge is 0.284 e. The molecule has 0 saturated carbocycles. The molecule has 0 radical (unpaired) electrons. The fraction of sp³-hybridized carbons (Fsp3) is 0.417. The van der Waals surface area contributed by atoms with Crippen LogP contribution < -0.4 is 0 Å². The molecule has 1 unspecified atom stereocenters. The SMILES string of the molecule is N#CC1CCCN1Cc1ccc(Cl)cc1F. The number of rotatable bonds is 2. The number of nitriles is 1. The zero-order chi connectivity index (χ0) is 11.5. The molecule has 1 saturated heterocycles. The molecule has 84 valence electrons. The van der Waals surface area contributed by atoms with E-state index in [1.54, 1.807) is 12.1 Å². The molecule has 0 spiro atoms. The molecule has 0 amide bonds. The van der Waals surface area contributed by atoms with Crippen molar-refractivity contribution in [3.63, 3.8) is 0 Å². The van der Waals surface area contributed by atoms with Gasteiger partial charge in [-0.15, -0.1) is 0 Å². The average molecular weight is 239 g/mol. The van der Waals surface area contributed by atoms with E-state index in [0.717, 1.165) is 19.4 Å². The van der Waals surface area contributed by atoms with Gasteiger partial charge in [-0.1, -0.05) is 17.7 Å². The lowest BCUT2D eigenvalue weighted by Gasteiger charge is -2.19. The first-order chi connectivity index (χ1) is 7.70. The van der Waals surface area contributed by atoms with Gasteiger partial charge in [-0.3, -0.25) is 4.90 Å². The van der Waals surface area contributed by atoms with E-state index in [1.807, 2.05) is 4.90 Å². The van der Waals surface area contributed by atoms with Gasteiger partial charge in [0.25, 0.3) is 0 Å². The van der Waals surface area contributed by atoms with Crippen molar-refractivity contribution in [1.29, 1.82) is 5.26 Å². The highest BCUT2D eigenvalue weighted by Gasteiger charge is 2.24. The Hall–Kier alpha value is -1.11. The Morgan fingerprint density at radius 1 is 1.56 bits per heavy atom. The topological polar surface area (TPSA) is 27.0 Å². The van der Waals surface area contributed by atoms with E-state index in [-0.39, 0.29) is 11.9 Å². The molecule has 2 rings (SSSR count). The van der Waals surface area contributed by atoms with E-state index < -0.39 is 0 Å². The summed E-state index contributed by atoms with van der Waals surface area (Å²) in [5.74, 6) is -0.295. The van der Waals surface area contributed by atoms with Gasteiger partial charge in [0.2, 0.25) is 0 Å². The van der Waals surface area contributed by atoms with Crippen LogP contribution in [0.2, 0.25) is 5.02 Å². The van der Waals surface area contributed by atoms with Crippen LogP contribution in [0.15, 0.2) is 18.2 Å². The van der Waals surface area contributed by atoms with E-state index in [0.29, 0.717) is 17.1 Å². The Kier molecular flexibility index (Phi) is 3.42. The molecular weight excluding hydrogens is 227 g/mol. The fourth-order valence-electron chi connectivity index (χ4n) is 2.03. The Morgan fingerprint density at radius 2 is 2.38 bits per heavy atom. The number of likely N-dealkylation sites (tertiary alicyclic amines) is 1. The van der Waals surface area contributed by atoms with E-state index in [1.165, 1.54) is 6.07 Å². The molecule has 2 nitrogen and oxygen atoms in total. The fourth-order valence-corrected chi connectivity index (χ4v) is 2.19. The third kappa shape index (κ3) is 2.34. The van der Waals surface area contributed by atoms with Crippen molar-refractivity contribution >= 4 is 11.6 Å². The highest BCUT2D eigenvalue weighted by atomic mass is 35.5. The Balaban J connectivity index is 2.12. The maximum atomic E-state index is 13.5. The van der Waals surface area contributed by atoms with Gasteiger partial charge < -0.3 is 0 Å². The summed E-state index contributed by atoms with van der Waals surface area (Å²) in [6.07, 6.45) is 1.89. The van der Waals surface area contributed by atoms with Crippen molar-refractivity contribution in [2.75, 3.05) is 6.54 Å². The molecule has 1 fully saturated rings. The van der Waals surface area contributed by atoms with Crippen molar-refractivity contribution in [2.24, 2.45) is 0 Å². The molecule has 1 aliphatic rings. The highest BCUT2D eigenvalue weighted by molar-refractivity contribution is 6.30. The number of hydrogen-bond acceptors (Lipinski definition) is 2. The predicted octanol–water partition coefficient (Wildman–Crippen LogP) is 2.97. The standard InChI is InChI=1S/C12H12ClFN2/c13-10-4-3-9(12(14)6-10)8-16-5-1-2-11(16)7-15/h3-4,6,11H,1-2,5,8H2. The van der Waals surface area contributed by atoms with E-state index >= 15 is 0 Å². The minimum atomic E-state index is -0.295. The van der Waals surface area contributed by atoms with Crippen molar-refractivity contribution in [2.45, 2.75) is 25.4 Å². The Labute approximate surface area is 99.2 Å². The van der Waals surface area contributed by atoms with Crippen LogP contribution in [-0.4, -0.2) is 17.5 Å². The first-order valence-corrected chi connectivity index (χ1v) is 5.66. The molecule has 0 N–H and O–H groups in total. The third-order valence-corrected chi connectivity index (χ3v) is 3.14. The molecule has 1 heterocycles. The monoisotopic (exact) mass is 238 g/mol. The number of hydrogen-bond donors (Lipinski definition) is 0. The summed E-state index contributed by atoms with van der Waals surface area (Å²) in [7, 11) is 0. The van der Waals surface area contributed by atoms with E-state index in [9.17, 15) is 4.39 Å². The molecular formula is C12H12ClFN2. The minimum absolute atomic E-state index is 0.0740. The number of nitrogens with zero attached hydrogens (tertiary/aromatic N) is 2. The van der Waals surface area contributed by atoms with Gasteiger partial charge in [0.05, 0.1) is 12.1 Å². The smallest absolute Gasteiger partial charge is 0.129 e. The molecule has 4 heteroatoms. The molecule has 1 aromatic rings. The lowest BCUT2D eigenvalue weighted by Crippen LogP contribution is -2.27. The van der Waals surface area contributed by atoms with Crippen molar-refractivity contribution in [1.82, 2.24) is 4.90 Å². The summed E-state index contributed by atoms with van der Waals surface area (Å²) in [6, 6.07) is 6.85. The van der Waals surface area contributed by atoms with Crippen LogP contribution in [0.25, 0.3) is 0 Å². The molecule has 0 aromatic heterocycles. The van der Waals surface area contributed by atoms with Crippen LogP contribution in [0.4, 0.5) is 4.39 Å². The van der Waals surface area contributed by atoms with Gasteiger partial charge in [-0.05, 0) is 31.5 Å². The summed E-state index contributed by atoms with van der Waals surface area (Å²) in [5.41, 5.74) is 0.603. The van der Waals surface area contributed by atoms with Gasteiger partial charge in [0, 0.05) is 17.1 Å². The number of benzene rings is 1. The van der Waals surface area contributed by atoms with Gasteiger partial charge >= 0.3 is 0 Å². The Morgan fingerprint density at radius 3 is 3.06 bits per heavy atom. The second-order valence-electron chi connectivity index (χ2n) is 3.99. The number of halogens is 2. The molecule has 1 atom stereocenters. The molecule has 0 bridgehead atoms. The second-order valence-corrected chi connectivity index (χ2v) is 4.43. The van der Waals surface area contributed by atoms with Crippen LogP contribution >= 0.6 is 11.6 Å². The van der Waals surface area contributed by atoms with Crippen LogP contribution in [-0.2, 0) is 6.54 Å². The summed E-state index contributed by atoms with van der Waals surface area (Å²) >= 11 is 5.68. The third-order valence-electron chi connectivity index (χ3n) is 2.90. The normalized spacial score (nSPS) is 20.9. The highest BCUT2D eigenvalue weighted by Crippen LogP contribution is 2.22. The van der Waals surface area contributed by atoms with Crippen molar-refractivity contribution < 1.29 is 4.39 Å². The quantitative estimate of drug-likeness (QED) is 0.792. The zero-order valence-corrected chi connectivity index (χ0v) is 9.54. The van der Waals surface area contributed by atoms with Crippen molar-refractivity contribution in [3.8, 4) is 6.07 Å². The van der Waals surface area contributed by atoms with Crippen LogP contribution in [0.3, 0.4) is 0 Å². The second kappa shape index (κ2) is 4.82. The minimum Gasteiger partial charge on any atom is -0.284 e. The molecule has 0 aliphatic carbocycles. The van der Waals surface area contributed by atoms with E-state index in [2.05, 4.69) is 6.07 Å². The molecule has 1 aromatic carbocycles. The maximum Gasteiger partial charge on any atom is 0.129 e. The summed E-state index contributed by atoms with van der Waals surface area (Å²) < 4.78 is 13.5. The van der Waals surface area contributed by atoms with Gasteiger partial charge in [0.1, 0.15) is 5.82 Å². The zero-order valence-electron chi connectivity index (χ0n) is 8.79. The van der Waals surface area contributed by atoms with Crippen LogP contribution in [0, 0.1) is 17.1 Å². The first kappa shape index (κ1) is 11.4. The van der Waals surface area contributed by atoms with Gasteiger partial charge in [0.15, 0.2) is 0 Å². The van der Waals surface area contributed by atoms with Crippen molar-refractivity contribution in [3.05, 3.63) is 34.6 Å². The summed E-state index contributed by atoms with van der Waals surface area (Å²) in [4.78, 5) is 2.01. The first-order valence-electron chi connectivity index (χ1n) is 5.28. The van der Waals surface area contributed by atoms with Crippen LogP contribution in [0.5, 0.6) is 0 Å². The molecule has 16 heavy (non-hydrogen) atoms. The van der Waals surface area contributed by atoms with Gasteiger partial charge in [-0.25, -0.2) is 4.39 Å². The van der Waals surface area contributed by atoms with Crippen LogP contribution in [0.1, 0.15) is 18.4 Å². The Bertz CT molecular complexity index is 428. The molecule has 1 aliphatic heterocycles. The maximum absolute atomic E-state index is 13.5. The van der Waals surface area contributed by atoms with Gasteiger partial charge in [-0.2, -0.15) is 5.26 Å². The lowest BCUT2D eigenvalue weighted by atomic mass is 10.2.